The van der Waals surface area contributed by atoms with E-state index in [4.69, 9.17) is 11.6 Å². The molecule has 0 spiro atoms. The maximum absolute atomic E-state index is 13.4. The Labute approximate surface area is 208 Å². The molecule has 0 aliphatic carbocycles. The summed E-state index contributed by atoms with van der Waals surface area (Å²) in [6, 6.07) is 14.7. The molecule has 0 radical (unpaired) electrons. The number of nitrogens with zero attached hydrogens (tertiary/aromatic N) is 2. The number of likely N-dealkylation sites (N-methyl/N-ethyl adjacent to an activating group) is 1. The lowest BCUT2D eigenvalue weighted by Gasteiger charge is -2.32. The van der Waals surface area contributed by atoms with E-state index in [0.717, 1.165) is 16.3 Å². The molecule has 2 rings (SSSR count). The Kier molecular flexibility index (Phi) is 10.5. The number of rotatable bonds is 12. The minimum Gasteiger partial charge on any atom is -0.352 e. The van der Waals surface area contributed by atoms with Crippen molar-refractivity contribution in [2.45, 2.75) is 57.0 Å². The summed E-state index contributed by atoms with van der Waals surface area (Å²) in [6.45, 7) is 5.64. The second-order valence-corrected chi connectivity index (χ2v) is 10.8. The van der Waals surface area contributed by atoms with E-state index >= 15 is 0 Å². The molecule has 0 unspecified atom stereocenters. The van der Waals surface area contributed by atoms with Crippen LogP contribution in [-0.4, -0.2) is 61.7 Å². The number of hydrogen-bond donors (Lipinski definition) is 1. The molecule has 2 aromatic rings. The van der Waals surface area contributed by atoms with E-state index in [1.807, 2.05) is 51.1 Å². The Morgan fingerprint density at radius 1 is 1.00 bits per heavy atom. The first-order valence-corrected chi connectivity index (χ1v) is 13.3. The predicted octanol–water partition coefficient (Wildman–Crippen LogP) is 3.73. The Morgan fingerprint density at radius 3 is 2.18 bits per heavy atom. The first-order chi connectivity index (χ1) is 16.1. The van der Waals surface area contributed by atoms with Gasteiger partial charge in [-0.15, -0.1) is 0 Å². The molecular formula is C25H34ClN3O4S. The smallest absolute Gasteiger partial charge is 0.243 e. The van der Waals surface area contributed by atoms with Crippen molar-refractivity contribution < 1.29 is 18.0 Å². The summed E-state index contributed by atoms with van der Waals surface area (Å²) in [5, 5.41) is 3.37. The molecule has 0 saturated carbocycles. The highest BCUT2D eigenvalue weighted by atomic mass is 35.5. The van der Waals surface area contributed by atoms with Crippen molar-refractivity contribution in [3.8, 4) is 0 Å². The highest BCUT2D eigenvalue weighted by Crippen LogP contribution is 2.18. The molecule has 186 valence electrons. The molecule has 34 heavy (non-hydrogen) atoms. The van der Waals surface area contributed by atoms with Crippen molar-refractivity contribution in [1.29, 1.82) is 0 Å². The molecule has 0 saturated heterocycles. The van der Waals surface area contributed by atoms with Crippen LogP contribution in [0.5, 0.6) is 0 Å². The Hall–Kier alpha value is -2.42. The van der Waals surface area contributed by atoms with Gasteiger partial charge in [-0.1, -0.05) is 55.8 Å². The summed E-state index contributed by atoms with van der Waals surface area (Å²) in [6.07, 6.45) is 1.73. The van der Waals surface area contributed by atoms with Gasteiger partial charge >= 0.3 is 0 Å². The lowest BCUT2D eigenvalue weighted by atomic mass is 10.1. The van der Waals surface area contributed by atoms with Crippen LogP contribution in [0, 0.1) is 0 Å². The fraction of sp³-hybridized carbons (Fsp3) is 0.440. The molecule has 0 fully saturated rings. The Balaban J connectivity index is 2.25. The van der Waals surface area contributed by atoms with E-state index in [2.05, 4.69) is 5.32 Å². The van der Waals surface area contributed by atoms with Crippen molar-refractivity contribution in [3.05, 3.63) is 65.2 Å². The zero-order chi connectivity index (χ0) is 25.3. The third-order valence-electron chi connectivity index (χ3n) is 5.75. The molecule has 2 atom stereocenters. The van der Waals surface area contributed by atoms with Crippen molar-refractivity contribution in [1.82, 2.24) is 14.5 Å². The van der Waals surface area contributed by atoms with Crippen LogP contribution in [0.3, 0.4) is 0 Å². The lowest BCUT2D eigenvalue weighted by Crippen LogP contribution is -2.53. The number of benzene rings is 2. The fourth-order valence-corrected chi connectivity index (χ4v) is 4.74. The molecule has 1 N–H and O–H groups in total. The van der Waals surface area contributed by atoms with E-state index in [-0.39, 0.29) is 23.4 Å². The van der Waals surface area contributed by atoms with Crippen LogP contribution >= 0.6 is 11.6 Å². The van der Waals surface area contributed by atoms with Gasteiger partial charge in [0.2, 0.25) is 21.8 Å². The summed E-state index contributed by atoms with van der Waals surface area (Å²) in [5.74, 6) is -0.663. The van der Waals surface area contributed by atoms with E-state index in [1.165, 1.54) is 36.2 Å². The van der Waals surface area contributed by atoms with Gasteiger partial charge in [0.05, 0.1) is 11.4 Å². The highest BCUT2D eigenvalue weighted by Gasteiger charge is 2.31. The highest BCUT2D eigenvalue weighted by molar-refractivity contribution is 7.89. The maximum Gasteiger partial charge on any atom is 0.243 e. The largest absolute Gasteiger partial charge is 0.352 e. The number of carbonyl (C=O) groups is 2. The van der Waals surface area contributed by atoms with Crippen molar-refractivity contribution in [2.24, 2.45) is 0 Å². The molecule has 0 aromatic heterocycles. The first kappa shape index (κ1) is 27.8. The summed E-state index contributed by atoms with van der Waals surface area (Å²) in [7, 11) is -2.54. The third-order valence-corrected chi connectivity index (χ3v) is 7.82. The molecular weight excluding hydrogens is 474 g/mol. The second-order valence-electron chi connectivity index (χ2n) is 8.28. The standard InChI is InChI=1S/C25H34ClN3O4S/c1-5-19(3)27-25(31)23(6-2)29(17-16-20-10-8-7-9-11-20)24(30)18-28(4)34(32,33)22-14-12-21(26)13-15-22/h7-15,19,23H,5-6,16-18H2,1-4H3,(H,27,31)/t19-,23+/m0/s1. The van der Waals surface area contributed by atoms with Crippen LogP contribution in [0.4, 0.5) is 0 Å². The van der Waals surface area contributed by atoms with Crippen molar-refractivity contribution in [2.75, 3.05) is 20.1 Å². The van der Waals surface area contributed by atoms with Gasteiger partial charge < -0.3 is 10.2 Å². The van der Waals surface area contributed by atoms with Crippen molar-refractivity contribution in [3.63, 3.8) is 0 Å². The van der Waals surface area contributed by atoms with E-state index in [0.29, 0.717) is 24.4 Å². The molecule has 7 nitrogen and oxygen atoms in total. The van der Waals surface area contributed by atoms with Crippen LogP contribution in [0.1, 0.15) is 39.2 Å². The molecule has 0 heterocycles. The second kappa shape index (κ2) is 12.9. The lowest BCUT2D eigenvalue weighted by molar-refractivity contribution is -0.141. The average molecular weight is 508 g/mol. The monoisotopic (exact) mass is 507 g/mol. The van der Waals surface area contributed by atoms with Gasteiger partial charge in [0.25, 0.3) is 0 Å². The van der Waals surface area contributed by atoms with Gasteiger partial charge in [0, 0.05) is 24.7 Å². The molecule has 0 aliphatic heterocycles. The quantitative estimate of drug-likeness (QED) is 0.474. The number of nitrogens with one attached hydrogen (secondary N) is 1. The molecule has 2 aromatic carbocycles. The number of halogens is 1. The normalized spacial score (nSPS) is 13.4. The van der Waals surface area contributed by atoms with Gasteiger partial charge in [-0.05, 0) is 56.0 Å². The fourth-order valence-electron chi connectivity index (χ4n) is 3.49. The number of amides is 2. The van der Waals surface area contributed by atoms with E-state index in [1.54, 1.807) is 0 Å². The third kappa shape index (κ3) is 7.55. The van der Waals surface area contributed by atoms with Crippen molar-refractivity contribution >= 4 is 33.4 Å². The minimum absolute atomic E-state index is 0.0272. The maximum atomic E-state index is 13.4. The summed E-state index contributed by atoms with van der Waals surface area (Å²) in [4.78, 5) is 27.9. The zero-order valence-electron chi connectivity index (χ0n) is 20.2. The number of hydrogen-bond acceptors (Lipinski definition) is 4. The van der Waals surface area contributed by atoms with Gasteiger partial charge in [-0.2, -0.15) is 4.31 Å². The molecule has 2 amide bonds. The Morgan fingerprint density at radius 2 is 1.62 bits per heavy atom. The molecule has 0 aliphatic rings. The summed E-state index contributed by atoms with van der Waals surface area (Å²) < 4.78 is 26.9. The minimum atomic E-state index is -3.90. The van der Waals surface area contributed by atoms with Gasteiger partial charge in [-0.3, -0.25) is 9.59 Å². The van der Waals surface area contributed by atoms with Crippen LogP contribution < -0.4 is 5.32 Å². The average Bonchev–Trinajstić information content (AvgIpc) is 2.82. The first-order valence-electron chi connectivity index (χ1n) is 11.5. The van der Waals surface area contributed by atoms with Gasteiger partial charge in [0.1, 0.15) is 6.04 Å². The molecule has 0 bridgehead atoms. The van der Waals surface area contributed by atoms with Gasteiger partial charge in [0.15, 0.2) is 0 Å². The van der Waals surface area contributed by atoms with Crippen LogP contribution in [0.2, 0.25) is 5.02 Å². The van der Waals surface area contributed by atoms with Crippen LogP contribution in [0.25, 0.3) is 0 Å². The summed E-state index contributed by atoms with van der Waals surface area (Å²) in [5.41, 5.74) is 1.03. The van der Waals surface area contributed by atoms with Crippen LogP contribution in [0.15, 0.2) is 59.5 Å². The number of carbonyl (C=O) groups excluding carboxylic acids is 2. The Bertz CT molecular complexity index is 1050. The summed E-state index contributed by atoms with van der Waals surface area (Å²) >= 11 is 5.87. The predicted molar refractivity (Wildman–Crippen MR) is 135 cm³/mol. The van der Waals surface area contributed by atoms with E-state index < -0.39 is 22.0 Å². The molecule has 9 heteroatoms. The zero-order valence-corrected chi connectivity index (χ0v) is 21.8. The van der Waals surface area contributed by atoms with Gasteiger partial charge in [-0.25, -0.2) is 8.42 Å². The topological polar surface area (TPSA) is 86.8 Å². The number of sulfonamides is 1. The van der Waals surface area contributed by atoms with E-state index in [9.17, 15) is 18.0 Å². The SMILES string of the molecule is CC[C@H](C(=O)N[C@@H](C)CC)N(CCc1ccccc1)C(=O)CN(C)S(=O)(=O)c1ccc(Cl)cc1. The van der Waals surface area contributed by atoms with Crippen LogP contribution in [-0.2, 0) is 26.0 Å².